The minimum absolute atomic E-state index is 0.0844. The van der Waals surface area contributed by atoms with Crippen LogP contribution < -0.4 is 0 Å². The molecular weight excluding hydrogens is 254 g/mol. The van der Waals surface area contributed by atoms with E-state index in [-0.39, 0.29) is 18.7 Å². The van der Waals surface area contributed by atoms with E-state index in [2.05, 4.69) is 0 Å². The molecule has 2 rings (SSSR count). The molecule has 0 spiro atoms. The molecule has 0 aliphatic carbocycles. The van der Waals surface area contributed by atoms with Crippen molar-refractivity contribution in [3.05, 3.63) is 35.4 Å². The Bertz CT molecular complexity index is 567. The number of carboxylic acid groups (broad SMARTS) is 1. The van der Waals surface area contributed by atoms with Gasteiger partial charge in [-0.3, -0.25) is 4.79 Å². The smallest absolute Gasteiger partial charge is 0.322 e. The Morgan fingerprint density at radius 2 is 2.00 bits per heavy atom. The summed E-state index contributed by atoms with van der Waals surface area (Å²) in [5, 5.41) is 9.19. The van der Waals surface area contributed by atoms with Gasteiger partial charge in [0.1, 0.15) is 6.04 Å². The lowest BCUT2D eigenvalue weighted by Crippen LogP contribution is -2.49. The zero-order valence-corrected chi connectivity index (χ0v) is 10.9. The highest BCUT2D eigenvalue weighted by molar-refractivity contribution is 7.89. The molecule has 6 heteroatoms. The van der Waals surface area contributed by atoms with E-state index in [1.54, 1.807) is 0 Å². The molecular formula is C12H15NO4S. The van der Waals surface area contributed by atoms with E-state index in [9.17, 15) is 18.3 Å². The van der Waals surface area contributed by atoms with Crippen LogP contribution in [0.1, 0.15) is 18.1 Å². The molecule has 18 heavy (non-hydrogen) atoms. The Hall–Kier alpha value is -1.40. The lowest BCUT2D eigenvalue weighted by molar-refractivity contribution is -0.141. The van der Waals surface area contributed by atoms with Gasteiger partial charge in [0.2, 0.25) is 10.0 Å². The van der Waals surface area contributed by atoms with Crippen molar-refractivity contribution >= 4 is 16.0 Å². The third kappa shape index (κ3) is 2.26. The maximum absolute atomic E-state index is 11.9. The number of hydrogen-bond donors (Lipinski definition) is 1. The van der Waals surface area contributed by atoms with Gasteiger partial charge in [0, 0.05) is 13.0 Å². The van der Waals surface area contributed by atoms with E-state index in [0.29, 0.717) is 0 Å². The molecule has 0 unspecified atom stereocenters. The van der Waals surface area contributed by atoms with Crippen molar-refractivity contribution < 1.29 is 18.3 Å². The van der Waals surface area contributed by atoms with Crippen LogP contribution in [0, 0.1) is 0 Å². The van der Waals surface area contributed by atoms with Gasteiger partial charge >= 0.3 is 5.97 Å². The second-order valence-corrected chi connectivity index (χ2v) is 6.48. The number of carbonyl (C=O) groups is 1. The molecule has 1 aromatic rings. The summed E-state index contributed by atoms with van der Waals surface area (Å²) < 4.78 is 25.0. The minimum atomic E-state index is -3.51. The summed E-state index contributed by atoms with van der Waals surface area (Å²) in [6.45, 7) is 1.66. The van der Waals surface area contributed by atoms with E-state index >= 15 is 0 Å². The highest BCUT2D eigenvalue weighted by Crippen LogP contribution is 2.26. The van der Waals surface area contributed by atoms with Gasteiger partial charge in [-0.15, -0.1) is 0 Å². The van der Waals surface area contributed by atoms with Gasteiger partial charge in [-0.25, -0.2) is 8.42 Å². The molecule has 0 amide bonds. The third-order valence-electron chi connectivity index (χ3n) is 3.21. The second-order valence-electron chi connectivity index (χ2n) is 4.27. The predicted molar refractivity (Wildman–Crippen MR) is 66.6 cm³/mol. The van der Waals surface area contributed by atoms with Crippen molar-refractivity contribution in [2.45, 2.75) is 25.9 Å². The number of carboxylic acids is 1. The number of benzene rings is 1. The quantitative estimate of drug-likeness (QED) is 0.882. The van der Waals surface area contributed by atoms with Crippen LogP contribution >= 0.6 is 0 Å². The molecule has 0 aromatic heterocycles. The number of sulfonamides is 1. The number of rotatable bonds is 3. The highest BCUT2D eigenvalue weighted by Gasteiger charge is 2.37. The fourth-order valence-electron chi connectivity index (χ4n) is 2.17. The molecule has 1 aliphatic rings. The molecule has 0 saturated carbocycles. The van der Waals surface area contributed by atoms with Gasteiger partial charge in [-0.1, -0.05) is 24.3 Å². The van der Waals surface area contributed by atoms with Crippen LogP contribution in [0.15, 0.2) is 24.3 Å². The summed E-state index contributed by atoms with van der Waals surface area (Å²) in [5.74, 6) is -1.18. The first kappa shape index (κ1) is 13.0. The van der Waals surface area contributed by atoms with Gasteiger partial charge < -0.3 is 5.11 Å². The van der Waals surface area contributed by atoms with Gasteiger partial charge in [-0.2, -0.15) is 4.31 Å². The topological polar surface area (TPSA) is 74.7 Å². The molecule has 1 aromatic carbocycles. The van der Waals surface area contributed by atoms with Crippen LogP contribution in [0.4, 0.5) is 0 Å². The summed E-state index contributed by atoms with van der Waals surface area (Å²) in [6.07, 6.45) is 0.227. The highest BCUT2D eigenvalue weighted by atomic mass is 32.2. The summed E-state index contributed by atoms with van der Waals surface area (Å²) in [7, 11) is -3.51. The molecule has 1 heterocycles. The van der Waals surface area contributed by atoms with E-state index in [0.717, 1.165) is 15.4 Å². The van der Waals surface area contributed by atoms with Crippen LogP contribution in [0.3, 0.4) is 0 Å². The monoisotopic (exact) mass is 269 g/mol. The standard InChI is InChI=1S/C12H15NO4S/c1-2-18(16,17)13-8-10-6-4-3-5-9(10)7-11(13)12(14)15/h3-6,11H,2,7-8H2,1H3,(H,14,15)/t11-/m1/s1. The van der Waals surface area contributed by atoms with Crippen LogP contribution in [-0.2, 0) is 27.8 Å². The third-order valence-corrected chi connectivity index (χ3v) is 5.04. The summed E-state index contributed by atoms with van der Waals surface area (Å²) in [4.78, 5) is 11.2. The fraction of sp³-hybridized carbons (Fsp3) is 0.417. The van der Waals surface area contributed by atoms with Crippen LogP contribution in [0.2, 0.25) is 0 Å². The normalized spacial score (nSPS) is 20.4. The molecule has 0 bridgehead atoms. The van der Waals surface area contributed by atoms with E-state index < -0.39 is 22.0 Å². The molecule has 0 fully saturated rings. The molecule has 0 saturated heterocycles. The average Bonchev–Trinajstić information content (AvgIpc) is 2.37. The van der Waals surface area contributed by atoms with Gasteiger partial charge in [0.05, 0.1) is 5.75 Å². The van der Waals surface area contributed by atoms with Crippen molar-refractivity contribution in [1.82, 2.24) is 4.31 Å². The molecule has 1 atom stereocenters. The Labute approximate surface area is 106 Å². The minimum Gasteiger partial charge on any atom is -0.480 e. The van der Waals surface area contributed by atoms with Crippen molar-refractivity contribution in [2.24, 2.45) is 0 Å². The predicted octanol–water partition coefficient (Wildman–Crippen LogP) is 0.848. The molecule has 0 radical (unpaired) electrons. The average molecular weight is 269 g/mol. The van der Waals surface area contributed by atoms with Crippen molar-refractivity contribution in [3.8, 4) is 0 Å². The largest absolute Gasteiger partial charge is 0.480 e. The molecule has 1 aliphatic heterocycles. The summed E-state index contributed by atoms with van der Waals surface area (Å²) >= 11 is 0. The molecule has 5 nitrogen and oxygen atoms in total. The summed E-state index contributed by atoms with van der Waals surface area (Å²) in [6, 6.07) is 6.36. The number of aliphatic carboxylic acids is 1. The maximum Gasteiger partial charge on any atom is 0.322 e. The number of hydrogen-bond acceptors (Lipinski definition) is 3. The van der Waals surface area contributed by atoms with Crippen molar-refractivity contribution in [1.29, 1.82) is 0 Å². The van der Waals surface area contributed by atoms with E-state index in [4.69, 9.17) is 0 Å². The Morgan fingerprint density at radius 3 is 2.56 bits per heavy atom. The van der Waals surface area contributed by atoms with Crippen LogP contribution in [-0.4, -0.2) is 35.6 Å². The van der Waals surface area contributed by atoms with Gasteiger partial charge in [-0.05, 0) is 18.1 Å². The van der Waals surface area contributed by atoms with Crippen molar-refractivity contribution in [2.75, 3.05) is 5.75 Å². The first-order chi connectivity index (χ1) is 8.45. The lowest BCUT2D eigenvalue weighted by Gasteiger charge is -2.33. The number of fused-ring (bicyclic) bond motifs is 1. The Kier molecular flexibility index (Phi) is 3.41. The zero-order chi connectivity index (χ0) is 13.3. The maximum atomic E-state index is 11.9. The van der Waals surface area contributed by atoms with Crippen LogP contribution in [0.5, 0.6) is 0 Å². The molecule has 98 valence electrons. The fourth-order valence-corrected chi connectivity index (χ4v) is 3.39. The number of nitrogens with zero attached hydrogens (tertiary/aromatic N) is 1. The SMILES string of the molecule is CCS(=O)(=O)N1Cc2ccccc2C[C@@H]1C(=O)O. The van der Waals surface area contributed by atoms with E-state index in [1.807, 2.05) is 24.3 Å². The molecule has 1 N–H and O–H groups in total. The van der Waals surface area contributed by atoms with Gasteiger partial charge in [0.15, 0.2) is 0 Å². The first-order valence-electron chi connectivity index (χ1n) is 5.75. The van der Waals surface area contributed by atoms with Crippen LogP contribution in [0.25, 0.3) is 0 Å². The lowest BCUT2D eigenvalue weighted by atomic mass is 9.96. The Balaban J connectivity index is 2.44. The second kappa shape index (κ2) is 4.70. The van der Waals surface area contributed by atoms with Gasteiger partial charge in [0.25, 0.3) is 0 Å². The zero-order valence-electron chi connectivity index (χ0n) is 10.0. The van der Waals surface area contributed by atoms with Crippen molar-refractivity contribution in [3.63, 3.8) is 0 Å². The first-order valence-corrected chi connectivity index (χ1v) is 7.35. The summed E-state index contributed by atoms with van der Waals surface area (Å²) in [5.41, 5.74) is 1.79. The Morgan fingerprint density at radius 1 is 1.39 bits per heavy atom. The van der Waals surface area contributed by atoms with E-state index in [1.165, 1.54) is 6.92 Å².